The zero-order valence-electron chi connectivity index (χ0n) is 18.0. The van der Waals surface area contributed by atoms with Crippen LogP contribution in [0.2, 0.25) is 5.02 Å². The molecule has 0 atom stereocenters. The van der Waals surface area contributed by atoms with Gasteiger partial charge in [-0.25, -0.2) is 0 Å². The molecule has 0 radical (unpaired) electrons. The van der Waals surface area contributed by atoms with Crippen molar-refractivity contribution in [1.29, 1.82) is 0 Å². The van der Waals surface area contributed by atoms with Crippen LogP contribution in [-0.4, -0.2) is 25.5 Å². The molecule has 7 nitrogen and oxygen atoms in total. The average molecular weight is 450 g/mol. The van der Waals surface area contributed by atoms with Crippen molar-refractivity contribution < 1.29 is 9.53 Å². The van der Waals surface area contributed by atoms with Gasteiger partial charge in [-0.1, -0.05) is 23.7 Å². The lowest BCUT2D eigenvalue weighted by Crippen LogP contribution is -2.11. The van der Waals surface area contributed by atoms with E-state index in [2.05, 4.69) is 22.4 Å². The first-order chi connectivity index (χ1) is 15.5. The van der Waals surface area contributed by atoms with Gasteiger partial charge in [0.15, 0.2) is 0 Å². The average Bonchev–Trinajstić information content (AvgIpc) is 3.40. The number of aryl methyl sites for hydroxylation is 1. The molecular formula is C24H24ClN5O2. The second-order valence-corrected chi connectivity index (χ2v) is 7.83. The van der Waals surface area contributed by atoms with Crippen molar-refractivity contribution in [3.8, 4) is 5.75 Å². The van der Waals surface area contributed by atoms with Crippen LogP contribution in [0.5, 0.6) is 5.75 Å². The number of amides is 1. The molecule has 1 N–H and O–H groups in total. The first kappa shape index (κ1) is 21.6. The molecule has 8 heteroatoms. The summed E-state index contributed by atoms with van der Waals surface area (Å²) in [4.78, 5) is 12.6. The van der Waals surface area contributed by atoms with Crippen molar-refractivity contribution in [2.75, 3.05) is 5.32 Å². The molecule has 4 aromatic rings. The Bertz CT molecular complexity index is 1200. The van der Waals surface area contributed by atoms with Crippen LogP contribution in [0.25, 0.3) is 0 Å². The minimum atomic E-state index is -0.190. The molecule has 1 amide bonds. The molecule has 0 fully saturated rings. The number of carbonyl (C=O) groups is 1. The van der Waals surface area contributed by atoms with Crippen LogP contribution < -0.4 is 10.1 Å². The van der Waals surface area contributed by atoms with E-state index < -0.39 is 0 Å². The van der Waals surface area contributed by atoms with Crippen LogP contribution in [0.4, 0.5) is 5.69 Å². The largest absolute Gasteiger partial charge is 0.489 e. The third-order valence-electron chi connectivity index (χ3n) is 5.16. The summed E-state index contributed by atoms with van der Waals surface area (Å²) in [6.07, 6.45) is 5.32. The highest BCUT2D eigenvalue weighted by Gasteiger charge is 2.10. The number of nitrogens with zero attached hydrogens (tertiary/aromatic N) is 4. The molecule has 2 aromatic carbocycles. The minimum Gasteiger partial charge on any atom is -0.489 e. The number of rotatable bonds is 8. The Kier molecular flexibility index (Phi) is 6.56. The summed E-state index contributed by atoms with van der Waals surface area (Å²) in [7, 11) is 0. The number of anilines is 1. The summed E-state index contributed by atoms with van der Waals surface area (Å²) in [6, 6.07) is 14.5. The minimum absolute atomic E-state index is 0.190. The Balaban J connectivity index is 1.32. The second-order valence-electron chi connectivity index (χ2n) is 7.39. The van der Waals surface area contributed by atoms with E-state index in [1.54, 1.807) is 35.1 Å². The van der Waals surface area contributed by atoms with Gasteiger partial charge in [-0.3, -0.25) is 14.2 Å². The monoisotopic (exact) mass is 449 g/mol. The fourth-order valence-corrected chi connectivity index (χ4v) is 3.43. The Morgan fingerprint density at radius 1 is 1.06 bits per heavy atom. The number of halogens is 1. The van der Waals surface area contributed by atoms with Gasteiger partial charge in [0.2, 0.25) is 0 Å². The summed E-state index contributed by atoms with van der Waals surface area (Å²) in [5, 5.41) is 12.3. The number of benzene rings is 2. The molecule has 0 aliphatic carbocycles. The Hall–Kier alpha value is -3.58. The van der Waals surface area contributed by atoms with Gasteiger partial charge in [-0.05, 0) is 55.8 Å². The van der Waals surface area contributed by atoms with Gasteiger partial charge < -0.3 is 10.1 Å². The Morgan fingerprint density at radius 3 is 2.50 bits per heavy atom. The maximum Gasteiger partial charge on any atom is 0.255 e. The van der Waals surface area contributed by atoms with Crippen molar-refractivity contribution >= 4 is 23.2 Å². The van der Waals surface area contributed by atoms with E-state index in [-0.39, 0.29) is 5.91 Å². The lowest BCUT2D eigenvalue weighted by molar-refractivity contribution is 0.102. The highest BCUT2D eigenvalue weighted by atomic mass is 35.5. The summed E-state index contributed by atoms with van der Waals surface area (Å²) in [6.45, 7) is 5.94. The molecule has 0 aliphatic rings. The lowest BCUT2D eigenvalue weighted by Gasteiger charge is -2.07. The van der Waals surface area contributed by atoms with Gasteiger partial charge in [-0.15, -0.1) is 0 Å². The van der Waals surface area contributed by atoms with Gasteiger partial charge in [0, 0.05) is 34.6 Å². The molecule has 0 bridgehead atoms. The SMILES string of the molecule is CCn1ncc(Cn2cc(NC(=O)c3ccc(COc4ccc(Cl)cc4)cc3)cn2)c1C. The summed E-state index contributed by atoms with van der Waals surface area (Å²) < 4.78 is 9.47. The molecule has 2 aromatic heterocycles. The van der Waals surface area contributed by atoms with Crippen molar-refractivity contribution in [3.63, 3.8) is 0 Å². The topological polar surface area (TPSA) is 74.0 Å². The van der Waals surface area contributed by atoms with Gasteiger partial charge in [-0.2, -0.15) is 10.2 Å². The highest BCUT2D eigenvalue weighted by Crippen LogP contribution is 2.18. The zero-order valence-corrected chi connectivity index (χ0v) is 18.7. The van der Waals surface area contributed by atoms with Crippen molar-refractivity contribution in [2.24, 2.45) is 0 Å². The second kappa shape index (κ2) is 9.70. The molecule has 2 heterocycles. The highest BCUT2D eigenvalue weighted by molar-refractivity contribution is 6.30. The van der Waals surface area contributed by atoms with E-state index in [1.807, 2.05) is 48.3 Å². The number of hydrogen-bond donors (Lipinski definition) is 1. The summed E-state index contributed by atoms with van der Waals surface area (Å²) in [5.74, 6) is 0.551. The van der Waals surface area contributed by atoms with Gasteiger partial charge >= 0.3 is 0 Å². The van der Waals surface area contributed by atoms with E-state index >= 15 is 0 Å². The van der Waals surface area contributed by atoms with Crippen LogP contribution in [0.3, 0.4) is 0 Å². The number of nitrogens with one attached hydrogen (secondary N) is 1. The van der Waals surface area contributed by atoms with E-state index in [4.69, 9.17) is 16.3 Å². The predicted octanol–water partition coefficient (Wildman–Crippen LogP) is 4.94. The number of carbonyl (C=O) groups excluding carboxylic acids is 1. The van der Waals surface area contributed by atoms with Crippen LogP contribution in [0.1, 0.15) is 34.1 Å². The van der Waals surface area contributed by atoms with E-state index in [1.165, 1.54) is 0 Å². The van der Waals surface area contributed by atoms with Gasteiger partial charge in [0.1, 0.15) is 12.4 Å². The summed E-state index contributed by atoms with van der Waals surface area (Å²) >= 11 is 5.88. The summed E-state index contributed by atoms with van der Waals surface area (Å²) in [5.41, 5.74) is 4.39. The lowest BCUT2D eigenvalue weighted by atomic mass is 10.1. The Morgan fingerprint density at radius 2 is 1.81 bits per heavy atom. The standard InChI is InChI=1S/C24H24ClN5O2/c1-3-30-17(2)20(12-27-30)14-29-15-22(13-26-29)28-24(31)19-6-4-18(5-7-19)16-32-23-10-8-21(25)9-11-23/h4-13,15H,3,14,16H2,1-2H3,(H,28,31). The third kappa shape index (κ3) is 5.18. The molecule has 4 rings (SSSR count). The molecule has 0 unspecified atom stereocenters. The first-order valence-corrected chi connectivity index (χ1v) is 10.7. The Labute approximate surface area is 191 Å². The smallest absolute Gasteiger partial charge is 0.255 e. The molecule has 0 saturated heterocycles. The number of ether oxygens (including phenoxy) is 1. The normalized spacial score (nSPS) is 10.8. The van der Waals surface area contributed by atoms with Crippen molar-refractivity contribution in [3.05, 3.63) is 94.5 Å². The zero-order chi connectivity index (χ0) is 22.5. The fourth-order valence-electron chi connectivity index (χ4n) is 3.30. The molecule has 0 aliphatic heterocycles. The van der Waals surface area contributed by atoms with Crippen molar-refractivity contribution in [1.82, 2.24) is 19.6 Å². The van der Waals surface area contributed by atoms with E-state index in [0.717, 1.165) is 29.1 Å². The van der Waals surface area contributed by atoms with Gasteiger partial charge in [0.25, 0.3) is 5.91 Å². The first-order valence-electron chi connectivity index (χ1n) is 10.3. The van der Waals surface area contributed by atoms with Crippen LogP contribution in [-0.2, 0) is 19.7 Å². The van der Waals surface area contributed by atoms with E-state index in [9.17, 15) is 4.79 Å². The molecule has 0 spiro atoms. The van der Waals surface area contributed by atoms with Gasteiger partial charge in [0.05, 0.1) is 24.6 Å². The predicted molar refractivity (Wildman–Crippen MR) is 124 cm³/mol. The van der Waals surface area contributed by atoms with E-state index in [0.29, 0.717) is 29.4 Å². The number of aromatic nitrogens is 4. The maximum atomic E-state index is 12.6. The fraction of sp³-hybridized carbons (Fsp3) is 0.208. The maximum absolute atomic E-state index is 12.6. The van der Waals surface area contributed by atoms with Crippen molar-refractivity contribution in [2.45, 2.75) is 33.5 Å². The molecular weight excluding hydrogens is 426 g/mol. The molecule has 32 heavy (non-hydrogen) atoms. The molecule has 164 valence electrons. The third-order valence-corrected chi connectivity index (χ3v) is 5.42. The molecule has 0 saturated carbocycles. The van der Waals surface area contributed by atoms with Crippen LogP contribution in [0, 0.1) is 6.92 Å². The van der Waals surface area contributed by atoms with Crippen LogP contribution in [0.15, 0.2) is 67.1 Å². The quantitative estimate of drug-likeness (QED) is 0.413. The number of hydrogen-bond acceptors (Lipinski definition) is 4. The van der Waals surface area contributed by atoms with Crippen LogP contribution >= 0.6 is 11.6 Å².